The average Bonchev–Trinajstić information content (AvgIpc) is 2.45. The lowest BCUT2D eigenvalue weighted by molar-refractivity contribution is -0.0681. The van der Waals surface area contributed by atoms with Crippen molar-refractivity contribution < 1.29 is 13.2 Å². The van der Waals surface area contributed by atoms with Gasteiger partial charge in [0.15, 0.2) is 9.84 Å². The third-order valence-corrected chi connectivity index (χ3v) is 5.14. The normalized spacial score (nSPS) is 22.9. The van der Waals surface area contributed by atoms with Crippen LogP contribution in [0.15, 0.2) is 29.2 Å². The highest BCUT2D eigenvalue weighted by atomic mass is 32.2. The van der Waals surface area contributed by atoms with Gasteiger partial charge in [0.25, 0.3) is 0 Å². The predicted molar refractivity (Wildman–Crippen MR) is 93.7 cm³/mol. The molecule has 0 amide bonds. The second kappa shape index (κ2) is 8.13. The first-order valence-corrected chi connectivity index (χ1v) is 10.2. The fraction of sp³-hybridized carbons (Fsp3) is 0.647. The third kappa shape index (κ3) is 6.12. The van der Waals surface area contributed by atoms with Crippen molar-refractivity contribution in [3.8, 4) is 0 Å². The Morgan fingerprint density at radius 2 is 1.74 bits per heavy atom. The minimum Gasteiger partial charge on any atom is -0.385 e. The first kappa shape index (κ1) is 18.2. The molecule has 1 aliphatic heterocycles. The Kier molecular flexibility index (Phi) is 6.44. The molecule has 6 heteroatoms. The van der Waals surface area contributed by atoms with Gasteiger partial charge < -0.3 is 10.1 Å². The molecule has 130 valence electrons. The highest BCUT2D eigenvalue weighted by Crippen LogP contribution is 2.14. The molecule has 2 atom stereocenters. The van der Waals surface area contributed by atoms with Crippen LogP contribution in [-0.2, 0) is 14.6 Å². The molecule has 2 unspecified atom stereocenters. The number of anilines is 1. The summed E-state index contributed by atoms with van der Waals surface area (Å²) in [6.07, 6.45) is 4.11. The van der Waals surface area contributed by atoms with E-state index in [1.807, 2.05) is 12.1 Å². The first-order chi connectivity index (χ1) is 10.8. The number of benzene rings is 1. The highest BCUT2D eigenvalue weighted by molar-refractivity contribution is 7.90. The summed E-state index contributed by atoms with van der Waals surface area (Å²) in [6, 6.07) is 6.94. The van der Waals surface area contributed by atoms with E-state index in [9.17, 15) is 8.42 Å². The summed E-state index contributed by atoms with van der Waals surface area (Å²) in [5, 5.41) is 3.34. The topological polar surface area (TPSA) is 58.6 Å². The van der Waals surface area contributed by atoms with Gasteiger partial charge in [-0.15, -0.1) is 0 Å². The van der Waals surface area contributed by atoms with Gasteiger partial charge in [-0.25, -0.2) is 8.42 Å². The van der Waals surface area contributed by atoms with Crippen LogP contribution in [0.2, 0.25) is 0 Å². The Morgan fingerprint density at radius 3 is 2.30 bits per heavy atom. The standard InChI is InChI=1S/C17H28N2O3S/c1-14-12-19(13-15(2)22-14)11-5-4-10-18-16-6-8-17(9-7-16)23(3,20)21/h6-9,14-15,18H,4-5,10-13H2,1-3H3. The molecule has 1 aromatic rings. The van der Waals surface area contributed by atoms with Gasteiger partial charge in [0.05, 0.1) is 17.1 Å². The molecule has 0 spiro atoms. The summed E-state index contributed by atoms with van der Waals surface area (Å²) in [5.41, 5.74) is 0.964. The molecule has 0 aliphatic carbocycles. The zero-order chi connectivity index (χ0) is 16.9. The summed E-state index contributed by atoms with van der Waals surface area (Å²) in [7, 11) is -3.11. The van der Waals surface area contributed by atoms with Gasteiger partial charge in [-0.1, -0.05) is 0 Å². The molecule has 0 bridgehead atoms. The maximum atomic E-state index is 11.4. The van der Waals surface area contributed by atoms with E-state index in [0.717, 1.165) is 44.7 Å². The molecule has 0 aromatic heterocycles. The fourth-order valence-electron chi connectivity index (χ4n) is 2.98. The van der Waals surface area contributed by atoms with Crippen molar-refractivity contribution in [2.45, 2.75) is 43.8 Å². The van der Waals surface area contributed by atoms with E-state index in [1.165, 1.54) is 6.26 Å². The van der Waals surface area contributed by atoms with Gasteiger partial charge in [0.1, 0.15) is 0 Å². The van der Waals surface area contributed by atoms with E-state index < -0.39 is 9.84 Å². The van der Waals surface area contributed by atoms with Gasteiger partial charge in [-0.3, -0.25) is 4.90 Å². The van der Waals surface area contributed by atoms with Crippen molar-refractivity contribution in [3.05, 3.63) is 24.3 Å². The van der Waals surface area contributed by atoms with Crippen LogP contribution < -0.4 is 5.32 Å². The van der Waals surface area contributed by atoms with Crippen LogP contribution in [0.25, 0.3) is 0 Å². The largest absolute Gasteiger partial charge is 0.385 e. The van der Waals surface area contributed by atoms with Crippen LogP contribution in [-0.4, -0.2) is 58.0 Å². The van der Waals surface area contributed by atoms with Crippen LogP contribution >= 0.6 is 0 Å². The van der Waals surface area contributed by atoms with Crippen molar-refractivity contribution in [1.29, 1.82) is 0 Å². The molecule has 1 aliphatic rings. The smallest absolute Gasteiger partial charge is 0.175 e. The zero-order valence-corrected chi connectivity index (χ0v) is 15.1. The molecule has 1 N–H and O–H groups in total. The van der Waals surface area contributed by atoms with E-state index in [2.05, 4.69) is 24.1 Å². The molecule has 1 aromatic carbocycles. The maximum absolute atomic E-state index is 11.4. The summed E-state index contributed by atoms with van der Waals surface area (Å²) < 4.78 is 28.6. The second-order valence-corrected chi connectivity index (χ2v) is 8.46. The van der Waals surface area contributed by atoms with Gasteiger partial charge in [-0.05, 0) is 57.5 Å². The minimum absolute atomic E-state index is 0.324. The number of rotatable bonds is 7. The quantitative estimate of drug-likeness (QED) is 0.773. The number of sulfone groups is 1. The van der Waals surface area contributed by atoms with E-state index in [1.54, 1.807) is 12.1 Å². The van der Waals surface area contributed by atoms with Gasteiger partial charge in [-0.2, -0.15) is 0 Å². The number of hydrogen-bond acceptors (Lipinski definition) is 5. The van der Waals surface area contributed by atoms with Crippen molar-refractivity contribution >= 4 is 15.5 Å². The van der Waals surface area contributed by atoms with E-state index in [-0.39, 0.29) is 0 Å². The minimum atomic E-state index is -3.11. The monoisotopic (exact) mass is 340 g/mol. The van der Waals surface area contributed by atoms with E-state index in [4.69, 9.17) is 4.74 Å². The average molecular weight is 340 g/mol. The van der Waals surface area contributed by atoms with Crippen LogP contribution in [0, 0.1) is 0 Å². The zero-order valence-electron chi connectivity index (χ0n) is 14.3. The molecule has 1 heterocycles. The third-order valence-electron chi connectivity index (χ3n) is 4.01. The Hall–Kier alpha value is -1.11. The fourth-order valence-corrected chi connectivity index (χ4v) is 3.61. The van der Waals surface area contributed by atoms with Crippen LogP contribution in [0.5, 0.6) is 0 Å². The van der Waals surface area contributed by atoms with Crippen molar-refractivity contribution in [2.75, 3.05) is 37.8 Å². The number of hydrogen-bond donors (Lipinski definition) is 1. The molecule has 1 saturated heterocycles. The summed E-state index contributed by atoms with van der Waals surface area (Å²) in [4.78, 5) is 2.83. The molecule has 23 heavy (non-hydrogen) atoms. The maximum Gasteiger partial charge on any atom is 0.175 e. The summed E-state index contributed by atoms with van der Waals surface area (Å²) in [5.74, 6) is 0. The van der Waals surface area contributed by atoms with Crippen LogP contribution in [0.3, 0.4) is 0 Å². The van der Waals surface area contributed by atoms with Crippen molar-refractivity contribution in [2.24, 2.45) is 0 Å². The van der Waals surface area contributed by atoms with E-state index >= 15 is 0 Å². The van der Waals surface area contributed by atoms with Crippen LogP contribution in [0.4, 0.5) is 5.69 Å². The lowest BCUT2D eigenvalue weighted by Crippen LogP contribution is -2.45. The van der Waals surface area contributed by atoms with Crippen LogP contribution in [0.1, 0.15) is 26.7 Å². The first-order valence-electron chi connectivity index (χ1n) is 8.26. The lowest BCUT2D eigenvalue weighted by Gasteiger charge is -2.35. The van der Waals surface area contributed by atoms with Gasteiger partial charge in [0, 0.05) is 31.6 Å². The van der Waals surface area contributed by atoms with Crippen molar-refractivity contribution in [1.82, 2.24) is 4.90 Å². The molecule has 1 fully saturated rings. The number of nitrogens with one attached hydrogen (secondary N) is 1. The second-order valence-electron chi connectivity index (χ2n) is 6.45. The van der Waals surface area contributed by atoms with Gasteiger partial charge >= 0.3 is 0 Å². The Bertz CT molecular complexity index is 576. The molecule has 5 nitrogen and oxygen atoms in total. The predicted octanol–water partition coefficient (Wildman–Crippen LogP) is 2.39. The number of morpholine rings is 1. The highest BCUT2D eigenvalue weighted by Gasteiger charge is 2.21. The van der Waals surface area contributed by atoms with Crippen molar-refractivity contribution in [3.63, 3.8) is 0 Å². The molecular weight excluding hydrogens is 312 g/mol. The summed E-state index contributed by atoms with van der Waals surface area (Å²) >= 11 is 0. The SMILES string of the molecule is CC1CN(CCCCNc2ccc(S(C)(=O)=O)cc2)CC(C)O1. The lowest BCUT2D eigenvalue weighted by atomic mass is 10.2. The molecule has 0 saturated carbocycles. The summed E-state index contributed by atoms with van der Waals surface area (Å²) in [6.45, 7) is 8.30. The van der Waals surface area contributed by atoms with Gasteiger partial charge in [0.2, 0.25) is 0 Å². The number of unbranched alkanes of at least 4 members (excludes halogenated alkanes) is 1. The Balaban J connectivity index is 1.66. The van der Waals surface area contributed by atoms with E-state index in [0.29, 0.717) is 17.1 Å². The molecular formula is C17H28N2O3S. The Labute approximate surface area is 139 Å². The number of nitrogens with zero attached hydrogens (tertiary/aromatic N) is 1. The Morgan fingerprint density at radius 1 is 1.13 bits per heavy atom. The molecule has 0 radical (unpaired) electrons. The molecule has 2 rings (SSSR count). The number of ether oxygens (including phenoxy) is 1.